The molecule has 0 spiro atoms. The zero-order chi connectivity index (χ0) is 41.4. The number of rotatable bonds is 6. The molecular formula is C55H32N6S2. The predicted octanol–water partition coefficient (Wildman–Crippen LogP) is 14.8. The second kappa shape index (κ2) is 14.3. The Labute approximate surface area is 369 Å². The van der Waals surface area contributed by atoms with E-state index < -0.39 is 0 Å². The van der Waals surface area contributed by atoms with E-state index in [4.69, 9.17) is 24.9 Å². The number of hydrogen-bond acceptors (Lipinski definition) is 7. The van der Waals surface area contributed by atoms with Crippen LogP contribution in [0.1, 0.15) is 0 Å². The fourth-order valence-electron chi connectivity index (χ4n) is 8.93. The number of fused-ring (bicyclic) bond motifs is 9. The second-order valence-corrected chi connectivity index (χ2v) is 17.7. The largest absolute Gasteiger partial charge is 0.309 e. The van der Waals surface area contributed by atoms with Crippen LogP contribution in [0.5, 0.6) is 0 Å². The van der Waals surface area contributed by atoms with E-state index in [1.54, 1.807) is 22.7 Å². The number of benzene rings is 8. The summed E-state index contributed by atoms with van der Waals surface area (Å²) in [6.45, 7) is 0. The molecule has 0 atom stereocenters. The van der Waals surface area contributed by atoms with Crippen LogP contribution in [0.2, 0.25) is 0 Å². The van der Waals surface area contributed by atoms with Crippen molar-refractivity contribution in [1.29, 1.82) is 0 Å². The highest BCUT2D eigenvalue weighted by molar-refractivity contribution is 7.26. The van der Waals surface area contributed by atoms with Crippen LogP contribution in [0.15, 0.2) is 194 Å². The van der Waals surface area contributed by atoms with E-state index in [0.717, 1.165) is 81.1 Å². The Morgan fingerprint density at radius 3 is 1.70 bits per heavy atom. The molecule has 0 bridgehead atoms. The molecule has 0 saturated heterocycles. The van der Waals surface area contributed by atoms with Gasteiger partial charge in [-0.25, -0.2) is 24.9 Å². The molecule has 0 saturated carbocycles. The van der Waals surface area contributed by atoms with Crippen LogP contribution in [0, 0.1) is 0 Å². The maximum atomic E-state index is 5.33. The van der Waals surface area contributed by atoms with Crippen LogP contribution in [-0.4, -0.2) is 29.5 Å². The highest BCUT2D eigenvalue weighted by Crippen LogP contribution is 2.44. The average Bonchev–Trinajstić information content (AvgIpc) is 4.03. The van der Waals surface area contributed by atoms with Crippen LogP contribution in [0.4, 0.5) is 0 Å². The molecule has 0 unspecified atom stereocenters. The minimum atomic E-state index is 0.618. The lowest BCUT2D eigenvalue weighted by Crippen LogP contribution is -2.00. The molecule has 0 fully saturated rings. The number of nitrogens with zero attached hydrogens (tertiary/aromatic N) is 6. The van der Waals surface area contributed by atoms with Crippen LogP contribution >= 0.6 is 22.7 Å². The first-order valence-electron chi connectivity index (χ1n) is 20.8. The van der Waals surface area contributed by atoms with Crippen LogP contribution in [0.3, 0.4) is 0 Å². The van der Waals surface area contributed by atoms with Crippen LogP contribution in [-0.2, 0) is 0 Å². The molecule has 294 valence electrons. The lowest BCUT2D eigenvalue weighted by atomic mass is 10.1. The minimum absolute atomic E-state index is 0.618. The predicted molar refractivity (Wildman–Crippen MR) is 263 cm³/mol. The van der Waals surface area contributed by atoms with Crippen molar-refractivity contribution in [1.82, 2.24) is 29.5 Å². The average molecular weight is 841 g/mol. The highest BCUT2D eigenvalue weighted by atomic mass is 32.1. The molecule has 63 heavy (non-hydrogen) atoms. The summed E-state index contributed by atoms with van der Waals surface area (Å²) < 4.78 is 6.91. The molecule has 0 aliphatic carbocycles. The third-order valence-electron chi connectivity index (χ3n) is 11.9. The summed E-state index contributed by atoms with van der Waals surface area (Å²) in [5.41, 5.74) is 10.2. The molecule has 0 aliphatic heterocycles. The van der Waals surface area contributed by atoms with Gasteiger partial charge in [0.25, 0.3) is 0 Å². The first kappa shape index (κ1) is 35.8. The molecule has 8 aromatic carbocycles. The maximum absolute atomic E-state index is 5.33. The van der Waals surface area contributed by atoms with Crippen molar-refractivity contribution in [3.8, 4) is 62.5 Å². The summed E-state index contributed by atoms with van der Waals surface area (Å²) in [5.74, 6) is 2.58. The van der Waals surface area contributed by atoms with Gasteiger partial charge in [-0.05, 0) is 42.5 Å². The zero-order valence-electron chi connectivity index (χ0n) is 33.5. The Kier molecular flexibility index (Phi) is 8.15. The fourth-order valence-corrected chi connectivity index (χ4v) is 11.3. The quantitative estimate of drug-likeness (QED) is 0.167. The van der Waals surface area contributed by atoms with E-state index in [-0.39, 0.29) is 0 Å². The number of aromatic nitrogens is 6. The van der Waals surface area contributed by atoms with Crippen LogP contribution in [0.25, 0.3) is 125 Å². The molecule has 5 aromatic heterocycles. The third kappa shape index (κ3) is 5.87. The molecule has 0 amide bonds. The maximum Gasteiger partial charge on any atom is 0.164 e. The molecule has 8 heteroatoms. The van der Waals surface area contributed by atoms with Crippen molar-refractivity contribution in [2.75, 3.05) is 0 Å². The number of para-hydroxylation sites is 2. The van der Waals surface area contributed by atoms with E-state index in [1.165, 1.54) is 26.2 Å². The van der Waals surface area contributed by atoms with E-state index in [1.807, 2.05) is 24.3 Å². The summed E-state index contributed by atoms with van der Waals surface area (Å²) in [4.78, 5) is 26.1. The first-order valence-corrected chi connectivity index (χ1v) is 22.5. The van der Waals surface area contributed by atoms with Gasteiger partial charge in [0.1, 0.15) is 0 Å². The van der Waals surface area contributed by atoms with E-state index in [9.17, 15) is 0 Å². The Morgan fingerprint density at radius 1 is 0.333 bits per heavy atom. The van der Waals surface area contributed by atoms with Gasteiger partial charge in [0, 0.05) is 74.5 Å². The van der Waals surface area contributed by atoms with Crippen LogP contribution < -0.4 is 0 Å². The molecule has 0 N–H and O–H groups in total. The van der Waals surface area contributed by atoms with E-state index in [2.05, 4.69) is 174 Å². The molecule has 5 heterocycles. The normalized spacial score (nSPS) is 11.8. The van der Waals surface area contributed by atoms with Crippen molar-refractivity contribution < 1.29 is 0 Å². The fraction of sp³-hybridized carbons (Fsp3) is 0. The second-order valence-electron chi connectivity index (χ2n) is 15.6. The first-order chi connectivity index (χ1) is 31.2. The Bertz CT molecular complexity index is 3910. The standard InChI is InChI=1S/C55H32N6S2/c1-4-15-33(16-5-1)48-51-49(42-22-11-13-26-46(42)62-51)57-55(56-48)43-24-14-23-41-40-30-28-36(32-47(40)63-50(41)43)54-59-52(34-17-6-2-7-18-34)58-53(60-54)35-27-29-39-38-21-10-12-25-44(38)61(45(39)31-35)37-19-8-3-9-20-37/h1-32H. The Balaban J connectivity index is 0.976. The van der Waals surface area contributed by atoms with Gasteiger partial charge in [0.15, 0.2) is 23.3 Å². The van der Waals surface area contributed by atoms with Gasteiger partial charge in [-0.1, -0.05) is 152 Å². The lowest BCUT2D eigenvalue weighted by molar-refractivity contribution is 1.07. The van der Waals surface area contributed by atoms with Gasteiger partial charge in [-0.2, -0.15) is 0 Å². The van der Waals surface area contributed by atoms with Crippen molar-refractivity contribution >= 4 is 85.0 Å². The van der Waals surface area contributed by atoms with Gasteiger partial charge in [-0.15, -0.1) is 22.7 Å². The van der Waals surface area contributed by atoms with Crippen molar-refractivity contribution in [3.05, 3.63) is 194 Å². The van der Waals surface area contributed by atoms with Crippen molar-refractivity contribution in [2.24, 2.45) is 0 Å². The monoisotopic (exact) mass is 840 g/mol. The summed E-state index contributed by atoms with van der Waals surface area (Å²) in [6.07, 6.45) is 0. The van der Waals surface area contributed by atoms with Gasteiger partial charge < -0.3 is 4.57 Å². The molecule has 13 aromatic rings. The van der Waals surface area contributed by atoms with Gasteiger partial charge >= 0.3 is 0 Å². The molecule has 6 nitrogen and oxygen atoms in total. The SMILES string of the molecule is c1ccc(-c2nc(-c3ccc4c(c3)sc3c(-c5nc(-c6ccccc6)c6sc7ccccc7c6n5)cccc34)nc(-c3ccc4c5ccccc5n(-c5ccccc5)c4c3)n2)cc1. The molecular weight excluding hydrogens is 809 g/mol. The van der Waals surface area contributed by atoms with Gasteiger partial charge in [0.05, 0.1) is 26.9 Å². The summed E-state index contributed by atoms with van der Waals surface area (Å²) in [7, 11) is 0. The highest BCUT2D eigenvalue weighted by Gasteiger charge is 2.21. The summed E-state index contributed by atoms with van der Waals surface area (Å²) in [6, 6.07) is 67.8. The topological polar surface area (TPSA) is 69.4 Å². The minimum Gasteiger partial charge on any atom is -0.309 e. The lowest BCUT2D eigenvalue weighted by Gasteiger charge is -2.10. The number of thiophene rings is 2. The van der Waals surface area contributed by atoms with Crippen molar-refractivity contribution in [2.45, 2.75) is 0 Å². The molecule has 0 radical (unpaired) electrons. The smallest absolute Gasteiger partial charge is 0.164 e. The molecule has 13 rings (SSSR count). The van der Waals surface area contributed by atoms with Crippen molar-refractivity contribution in [3.63, 3.8) is 0 Å². The third-order valence-corrected chi connectivity index (χ3v) is 14.2. The number of hydrogen-bond donors (Lipinski definition) is 0. The summed E-state index contributed by atoms with van der Waals surface area (Å²) >= 11 is 3.51. The summed E-state index contributed by atoms with van der Waals surface area (Å²) in [5, 5.41) is 5.87. The van der Waals surface area contributed by atoms with E-state index in [0.29, 0.717) is 17.5 Å². The van der Waals surface area contributed by atoms with Gasteiger partial charge in [-0.3, -0.25) is 0 Å². The molecule has 0 aliphatic rings. The van der Waals surface area contributed by atoms with Gasteiger partial charge in [0.2, 0.25) is 0 Å². The Morgan fingerprint density at radius 2 is 0.921 bits per heavy atom. The Hall–Kier alpha value is -7.91. The zero-order valence-corrected chi connectivity index (χ0v) is 35.1. The van der Waals surface area contributed by atoms with E-state index >= 15 is 0 Å².